The van der Waals surface area contributed by atoms with Gasteiger partial charge in [-0.05, 0) is 24.3 Å². The number of carbonyl (C=O) groups excluding carboxylic acids is 1. The van der Waals surface area contributed by atoms with E-state index in [0.717, 1.165) is 12.1 Å². The van der Waals surface area contributed by atoms with E-state index >= 15 is 0 Å². The number of anilines is 1. The molecule has 0 saturated carbocycles. The van der Waals surface area contributed by atoms with E-state index in [4.69, 9.17) is 5.73 Å². The molecule has 98 valence electrons. The lowest BCUT2D eigenvalue weighted by molar-refractivity contribution is 0.0942. The van der Waals surface area contributed by atoms with Crippen molar-refractivity contribution in [1.82, 2.24) is 15.5 Å². The maximum Gasteiger partial charge on any atom is 0.257 e. The zero-order valence-electron chi connectivity index (χ0n) is 9.73. The molecule has 2 aromatic rings. The van der Waals surface area contributed by atoms with Gasteiger partial charge >= 0.3 is 0 Å². The lowest BCUT2D eigenvalue weighted by Gasteiger charge is -2.07. The van der Waals surface area contributed by atoms with Crippen molar-refractivity contribution < 1.29 is 13.6 Å². The number of nitrogens with zero attached hydrogens (tertiary/aromatic N) is 2. The van der Waals surface area contributed by atoms with Crippen molar-refractivity contribution >= 4 is 11.6 Å². The summed E-state index contributed by atoms with van der Waals surface area (Å²) < 4.78 is 27.0. The molecule has 0 atom stereocenters. The van der Waals surface area contributed by atoms with E-state index in [1.165, 1.54) is 6.20 Å². The lowest BCUT2D eigenvalue weighted by Crippen LogP contribution is -2.26. The third kappa shape index (κ3) is 2.82. The van der Waals surface area contributed by atoms with Gasteiger partial charge in [0.2, 0.25) is 0 Å². The Kier molecular flexibility index (Phi) is 3.65. The Balaban J connectivity index is 2.15. The Morgan fingerprint density at radius 3 is 2.79 bits per heavy atom. The fourth-order valence-corrected chi connectivity index (χ4v) is 1.46. The van der Waals surface area contributed by atoms with Gasteiger partial charge in [0.1, 0.15) is 11.4 Å². The number of aromatic nitrogens is 2. The molecular weight excluding hydrogens is 254 g/mol. The van der Waals surface area contributed by atoms with Crippen LogP contribution in [0.15, 0.2) is 30.5 Å². The van der Waals surface area contributed by atoms with Crippen molar-refractivity contribution in [2.24, 2.45) is 0 Å². The third-order valence-corrected chi connectivity index (χ3v) is 2.41. The van der Waals surface area contributed by atoms with Gasteiger partial charge in [-0.25, -0.2) is 8.78 Å². The second-order valence-corrected chi connectivity index (χ2v) is 3.72. The smallest absolute Gasteiger partial charge is 0.257 e. The Morgan fingerprint density at radius 1 is 1.32 bits per heavy atom. The quantitative estimate of drug-likeness (QED) is 0.818. The fraction of sp³-hybridized carbons (Fsp3) is 0.0833. The minimum atomic E-state index is -1.07. The molecular formula is C12H10F2N4O. The monoisotopic (exact) mass is 264 g/mol. The molecule has 1 amide bonds. The van der Waals surface area contributed by atoms with Gasteiger partial charge in [0.25, 0.3) is 5.91 Å². The van der Waals surface area contributed by atoms with Crippen molar-refractivity contribution in [3.05, 3.63) is 53.4 Å². The van der Waals surface area contributed by atoms with Gasteiger partial charge in [0, 0.05) is 6.20 Å². The highest BCUT2D eigenvalue weighted by Gasteiger charge is 2.19. The molecule has 19 heavy (non-hydrogen) atoms. The molecule has 0 aliphatic rings. The van der Waals surface area contributed by atoms with E-state index in [9.17, 15) is 13.6 Å². The van der Waals surface area contributed by atoms with Crippen LogP contribution in [-0.2, 0) is 6.54 Å². The maximum atomic E-state index is 13.6. The molecule has 0 radical (unpaired) electrons. The summed E-state index contributed by atoms with van der Waals surface area (Å²) in [7, 11) is 0. The average molecular weight is 264 g/mol. The van der Waals surface area contributed by atoms with Gasteiger partial charge in [-0.15, -0.1) is 0 Å². The number of benzene rings is 1. The Bertz CT molecular complexity index is 604. The van der Waals surface area contributed by atoms with Crippen LogP contribution in [0.5, 0.6) is 0 Å². The third-order valence-electron chi connectivity index (χ3n) is 2.41. The van der Waals surface area contributed by atoms with Gasteiger partial charge in [-0.3, -0.25) is 4.79 Å². The van der Waals surface area contributed by atoms with Crippen LogP contribution in [0.1, 0.15) is 16.1 Å². The molecule has 0 bridgehead atoms. The largest absolute Gasteiger partial charge is 0.396 e. The summed E-state index contributed by atoms with van der Waals surface area (Å²) in [4.78, 5) is 11.7. The van der Waals surface area contributed by atoms with Crippen LogP contribution >= 0.6 is 0 Å². The second kappa shape index (κ2) is 5.38. The molecule has 7 heteroatoms. The highest BCUT2D eigenvalue weighted by molar-refractivity contribution is 5.95. The number of rotatable bonds is 3. The van der Waals surface area contributed by atoms with Crippen molar-refractivity contribution in [2.45, 2.75) is 6.54 Å². The molecule has 0 unspecified atom stereocenters. The van der Waals surface area contributed by atoms with E-state index in [-0.39, 0.29) is 12.2 Å². The summed E-state index contributed by atoms with van der Waals surface area (Å²) in [5, 5.41) is 9.69. The second-order valence-electron chi connectivity index (χ2n) is 3.72. The number of hydrogen-bond acceptors (Lipinski definition) is 4. The van der Waals surface area contributed by atoms with E-state index in [2.05, 4.69) is 15.5 Å². The molecule has 0 aliphatic carbocycles. The van der Waals surface area contributed by atoms with Crippen LogP contribution in [0.3, 0.4) is 0 Å². The van der Waals surface area contributed by atoms with Crippen LogP contribution in [-0.4, -0.2) is 16.1 Å². The maximum absolute atomic E-state index is 13.6. The number of nitrogens with one attached hydrogen (secondary N) is 1. The zero-order chi connectivity index (χ0) is 13.8. The molecule has 1 aromatic heterocycles. The minimum Gasteiger partial charge on any atom is -0.396 e. The number of hydrogen-bond donors (Lipinski definition) is 2. The van der Waals surface area contributed by atoms with E-state index in [1.807, 2.05) is 0 Å². The summed E-state index contributed by atoms with van der Waals surface area (Å²) in [5.41, 5.74) is 4.77. The summed E-state index contributed by atoms with van der Waals surface area (Å²) in [5.74, 6) is -2.94. The topological polar surface area (TPSA) is 80.9 Å². The standard InChI is InChI=1S/C12H10F2N4O/c13-8-3-4-9(15)11(14)10(8)12(19)16-6-7-2-1-5-17-18-7/h1-5H,6,15H2,(H,16,19). The van der Waals surface area contributed by atoms with Crippen molar-refractivity contribution in [3.8, 4) is 0 Å². The highest BCUT2D eigenvalue weighted by Crippen LogP contribution is 2.18. The van der Waals surface area contributed by atoms with Crippen LogP contribution < -0.4 is 11.1 Å². The zero-order valence-corrected chi connectivity index (χ0v) is 9.73. The van der Waals surface area contributed by atoms with Crippen LogP contribution in [0.2, 0.25) is 0 Å². The average Bonchev–Trinajstić information content (AvgIpc) is 2.42. The van der Waals surface area contributed by atoms with Crippen LogP contribution in [0.4, 0.5) is 14.5 Å². The minimum absolute atomic E-state index is 0.0142. The molecule has 0 aliphatic heterocycles. The number of halogens is 2. The van der Waals surface area contributed by atoms with E-state index < -0.39 is 23.1 Å². The summed E-state index contributed by atoms with van der Waals surface area (Å²) in [6, 6.07) is 5.26. The number of amides is 1. The molecule has 1 aromatic carbocycles. The van der Waals surface area contributed by atoms with Crippen molar-refractivity contribution in [3.63, 3.8) is 0 Å². The number of carbonyl (C=O) groups is 1. The van der Waals surface area contributed by atoms with Gasteiger partial charge in [-0.2, -0.15) is 10.2 Å². The normalized spacial score (nSPS) is 10.2. The first-order valence-corrected chi connectivity index (χ1v) is 5.38. The molecule has 2 rings (SSSR count). The van der Waals surface area contributed by atoms with E-state index in [0.29, 0.717) is 5.69 Å². The van der Waals surface area contributed by atoms with Gasteiger partial charge in [0.05, 0.1) is 17.9 Å². The SMILES string of the molecule is Nc1ccc(F)c(C(=O)NCc2cccnn2)c1F. The summed E-state index contributed by atoms with van der Waals surface area (Å²) in [6.07, 6.45) is 1.47. The van der Waals surface area contributed by atoms with Gasteiger partial charge in [0.15, 0.2) is 5.82 Å². The van der Waals surface area contributed by atoms with Crippen LogP contribution in [0, 0.1) is 11.6 Å². The van der Waals surface area contributed by atoms with Crippen LogP contribution in [0.25, 0.3) is 0 Å². The first-order valence-electron chi connectivity index (χ1n) is 5.38. The highest BCUT2D eigenvalue weighted by atomic mass is 19.1. The Labute approximate surface area is 107 Å². The fourth-order valence-electron chi connectivity index (χ4n) is 1.46. The molecule has 0 fully saturated rings. The lowest BCUT2D eigenvalue weighted by atomic mass is 10.1. The Hall–Kier alpha value is -2.57. The predicted molar refractivity (Wildman–Crippen MR) is 64.0 cm³/mol. The molecule has 0 saturated heterocycles. The molecule has 3 N–H and O–H groups in total. The van der Waals surface area contributed by atoms with Gasteiger partial charge in [-0.1, -0.05) is 0 Å². The summed E-state index contributed by atoms with van der Waals surface area (Å²) >= 11 is 0. The van der Waals surface area contributed by atoms with Crippen molar-refractivity contribution in [1.29, 1.82) is 0 Å². The van der Waals surface area contributed by atoms with E-state index in [1.54, 1.807) is 12.1 Å². The van der Waals surface area contributed by atoms with Gasteiger partial charge < -0.3 is 11.1 Å². The molecule has 5 nitrogen and oxygen atoms in total. The molecule has 0 spiro atoms. The number of nitrogens with two attached hydrogens (primary N) is 1. The first kappa shape index (κ1) is 12.9. The Morgan fingerprint density at radius 2 is 2.11 bits per heavy atom. The number of nitrogen functional groups attached to an aromatic ring is 1. The first-order chi connectivity index (χ1) is 9.09. The van der Waals surface area contributed by atoms with Crippen molar-refractivity contribution in [2.75, 3.05) is 5.73 Å². The molecule has 1 heterocycles. The summed E-state index contributed by atoms with van der Waals surface area (Å²) in [6.45, 7) is 0.0142. The predicted octanol–water partition coefficient (Wildman–Crippen LogP) is 1.27.